The molecule has 2 aliphatic rings. The molecule has 55 heavy (non-hydrogen) atoms. The molecule has 4 heteroatoms. The molecule has 0 aliphatic heterocycles. The lowest BCUT2D eigenvalue weighted by atomic mass is 9.54. The molecule has 2 unspecified atom stereocenters. The van der Waals surface area contributed by atoms with Crippen molar-refractivity contribution in [2.75, 3.05) is 0 Å². The fourth-order valence-electron chi connectivity index (χ4n) is 9.87. The third-order valence-electron chi connectivity index (χ3n) is 11.9. The van der Waals surface area contributed by atoms with Gasteiger partial charge in [0.1, 0.15) is 0 Å². The monoisotopic (exact) mass is 712 g/mol. The second-order valence-electron chi connectivity index (χ2n) is 16.1. The normalized spacial score (nSPS) is 20.4. The van der Waals surface area contributed by atoms with Crippen molar-refractivity contribution < 1.29 is 0 Å². The number of hydrogen-bond acceptors (Lipinski definition) is 4. The van der Waals surface area contributed by atoms with E-state index in [1.807, 2.05) is 60.7 Å². The highest BCUT2D eigenvalue weighted by Gasteiger charge is 2.45. The van der Waals surface area contributed by atoms with Gasteiger partial charge in [0.05, 0.1) is 11.6 Å². The van der Waals surface area contributed by atoms with Gasteiger partial charge in [-0.3, -0.25) is 0 Å². The van der Waals surface area contributed by atoms with Crippen LogP contribution >= 0.6 is 0 Å². The summed E-state index contributed by atoms with van der Waals surface area (Å²) < 4.78 is 0. The molecule has 1 heterocycles. The van der Waals surface area contributed by atoms with E-state index in [4.69, 9.17) is 15.0 Å². The third kappa shape index (κ3) is 6.88. The molecule has 0 saturated heterocycles. The molecule has 7 aromatic rings. The van der Waals surface area contributed by atoms with E-state index in [0.717, 1.165) is 62.3 Å². The maximum absolute atomic E-state index is 9.86. The van der Waals surface area contributed by atoms with Crippen LogP contribution in [0.3, 0.4) is 0 Å². The third-order valence-corrected chi connectivity index (χ3v) is 11.9. The highest BCUT2D eigenvalue weighted by molar-refractivity contribution is 5.86. The van der Waals surface area contributed by atoms with Gasteiger partial charge in [0.25, 0.3) is 0 Å². The summed E-state index contributed by atoms with van der Waals surface area (Å²) >= 11 is 0. The Hall–Kier alpha value is -6.18. The van der Waals surface area contributed by atoms with Crippen LogP contribution in [0.1, 0.15) is 57.1 Å². The summed E-state index contributed by atoms with van der Waals surface area (Å²) in [5.74, 6) is 4.16. The van der Waals surface area contributed by atoms with Crippen LogP contribution in [0.25, 0.3) is 67.5 Å². The van der Waals surface area contributed by atoms with Gasteiger partial charge in [0, 0.05) is 16.7 Å². The Labute approximate surface area is 324 Å². The number of hydrogen-bond donors (Lipinski definition) is 0. The Morgan fingerprint density at radius 1 is 0.473 bits per heavy atom. The minimum absolute atomic E-state index is 0.204. The zero-order valence-corrected chi connectivity index (χ0v) is 31.5. The van der Waals surface area contributed by atoms with E-state index in [2.05, 4.69) is 111 Å². The molecule has 0 amide bonds. The molecular weight excluding hydrogens is 669 g/mol. The molecule has 2 fully saturated rings. The van der Waals surface area contributed by atoms with Crippen molar-refractivity contribution in [3.05, 3.63) is 163 Å². The van der Waals surface area contributed by atoms with E-state index in [1.54, 1.807) is 0 Å². The van der Waals surface area contributed by atoms with Crippen molar-refractivity contribution in [1.29, 1.82) is 5.26 Å². The molecule has 2 bridgehead atoms. The predicted molar refractivity (Wildman–Crippen MR) is 224 cm³/mol. The van der Waals surface area contributed by atoms with E-state index >= 15 is 0 Å². The van der Waals surface area contributed by atoms with Crippen LogP contribution in [0.4, 0.5) is 0 Å². The van der Waals surface area contributed by atoms with Crippen molar-refractivity contribution in [3.63, 3.8) is 0 Å². The molecule has 2 saturated carbocycles. The van der Waals surface area contributed by atoms with Crippen LogP contribution in [0.2, 0.25) is 0 Å². The summed E-state index contributed by atoms with van der Waals surface area (Å²) in [4.78, 5) is 15.2. The number of rotatable bonds is 7. The van der Waals surface area contributed by atoms with Crippen LogP contribution < -0.4 is 0 Å². The van der Waals surface area contributed by atoms with E-state index in [9.17, 15) is 5.26 Å². The van der Waals surface area contributed by atoms with Gasteiger partial charge < -0.3 is 0 Å². The molecular formula is C51H44N4. The number of nitrogens with zero attached hydrogens (tertiary/aromatic N) is 4. The maximum Gasteiger partial charge on any atom is 0.164 e. The molecule has 6 aromatic carbocycles. The van der Waals surface area contributed by atoms with Gasteiger partial charge >= 0.3 is 0 Å². The standard InChI is InChI=1S/C51H44N4/c1-34-26-37-27-35(2)31-51(30-34,32-37)43-24-25-45(47(29-43)42-17-11-12-36(28-42)33-52)39-20-22-41(23-21-39)49-53-48(40-15-7-4-8-16-40)54-50(55-49)46-19-10-9-18-44(46)38-13-5-3-6-14-38/h3-25,28-29,34-35,37H,26-27,30-32H2,1-2H3/t34-,35+,37?,51?. The zero-order chi connectivity index (χ0) is 37.4. The van der Waals surface area contributed by atoms with E-state index in [1.165, 1.54) is 43.2 Å². The number of nitriles is 1. The van der Waals surface area contributed by atoms with Crippen molar-refractivity contribution in [2.24, 2.45) is 17.8 Å². The average Bonchev–Trinajstić information content (AvgIpc) is 3.23. The SMILES string of the molecule is C[C@@H]1CC2C[C@H](C)CC(c3ccc(-c4ccc(-c5nc(-c6ccccc6)nc(-c6ccccc6-c6ccccc6)n5)cc4)c(-c4cccc(C#N)c4)c3)(C2)C1. The average molecular weight is 713 g/mol. The summed E-state index contributed by atoms with van der Waals surface area (Å²) in [5, 5.41) is 9.86. The predicted octanol–water partition coefficient (Wildman–Crippen LogP) is 12.8. The van der Waals surface area contributed by atoms with Crippen LogP contribution in [-0.2, 0) is 5.41 Å². The first-order valence-corrected chi connectivity index (χ1v) is 19.7. The fraction of sp³-hybridized carbons (Fsp3) is 0.216. The molecule has 0 N–H and O–H groups in total. The molecule has 0 spiro atoms. The fourth-order valence-corrected chi connectivity index (χ4v) is 9.87. The maximum atomic E-state index is 9.86. The van der Waals surface area contributed by atoms with Crippen molar-refractivity contribution >= 4 is 0 Å². The molecule has 9 rings (SSSR count). The first-order valence-electron chi connectivity index (χ1n) is 19.7. The minimum atomic E-state index is 0.204. The summed E-state index contributed by atoms with van der Waals surface area (Å²) in [6.07, 6.45) is 6.47. The van der Waals surface area contributed by atoms with E-state index < -0.39 is 0 Å². The number of benzene rings is 6. The Morgan fingerprint density at radius 3 is 1.67 bits per heavy atom. The largest absolute Gasteiger partial charge is 0.208 e. The summed E-state index contributed by atoms with van der Waals surface area (Å²) in [7, 11) is 0. The van der Waals surface area contributed by atoms with E-state index in [0.29, 0.717) is 23.0 Å². The van der Waals surface area contributed by atoms with Crippen LogP contribution in [0, 0.1) is 29.1 Å². The Morgan fingerprint density at radius 2 is 1.00 bits per heavy atom. The zero-order valence-electron chi connectivity index (χ0n) is 31.5. The first-order chi connectivity index (χ1) is 26.9. The molecule has 2 aliphatic carbocycles. The van der Waals surface area contributed by atoms with Gasteiger partial charge in [-0.1, -0.05) is 147 Å². The molecule has 268 valence electrons. The summed E-state index contributed by atoms with van der Waals surface area (Å²) in [6, 6.07) is 55.1. The minimum Gasteiger partial charge on any atom is -0.208 e. The second kappa shape index (κ2) is 14.6. The molecule has 4 atom stereocenters. The first kappa shape index (κ1) is 34.6. The Bertz CT molecular complexity index is 2500. The van der Waals surface area contributed by atoms with Crippen LogP contribution in [0.5, 0.6) is 0 Å². The highest BCUT2D eigenvalue weighted by atomic mass is 15.0. The van der Waals surface area contributed by atoms with Gasteiger partial charge in [0.2, 0.25) is 0 Å². The molecule has 1 aromatic heterocycles. The number of aromatic nitrogens is 3. The summed E-state index contributed by atoms with van der Waals surface area (Å²) in [5.41, 5.74) is 11.9. The van der Waals surface area contributed by atoms with Crippen molar-refractivity contribution in [2.45, 2.75) is 51.4 Å². The van der Waals surface area contributed by atoms with Gasteiger partial charge in [-0.05, 0) is 112 Å². The quantitative estimate of drug-likeness (QED) is 0.165. The van der Waals surface area contributed by atoms with Crippen LogP contribution in [-0.4, -0.2) is 15.0 Å². The van der Waals surface area contributed by atoms with Gasteiger partial charge in [-0.2, -0.15) is 5.26 Å². The highest BCUT2D eigenvalue weighted by Crippen LogP contribution is 2.55. The lowest BCUT2D eigenvalue weighted by molar-refractivity contribution is 0.0781. The van der Waals surface area contributed by atoms with Crippen LogP contribution in [0.15, 0.2) is 152 Å². The molecule has 0 radical (unpaired) electrons. The summed E-state index contributed by atoms with van der Waals surface area (Å²) in [6.45, 7) is 4.90. The lowest BCUT2D eigenvalue weighted by Gasteiger charge is -2.50. The van der Waals surface area contributed by atoms with Gasteiger partial charge in [-0.15, -0.1) is 0 Å². The topological polar surface area (TPSA) is 62.5 Å². The molecule has 4 nitrogen and oxygen atoms in total. The smallest absolute Gasteiger partial charge is 0.164 e. The van der Waals surface area contributed by atoms with E-state index in [-0.39, 0.29) is 5.41 Å². The van der Waals surface area contributed by atoms with Gasteiger partial charge in [0.15, 0.2) is 17.5 Å². The second-order valence-corrected chi connectivity index (χ2v) is 16.1. The Kier molecular flexibility index (Phi) is 9.16. The van der Waals surface area contributed by atoms with Gasteiger partial charge in [-0.25, -0.2) is 15.0 Å². The Balaban J connectivity index is 1.14. The lowest BCUT2D eigenvalue weighted by Crippen LogP contribution is -2.42. The van der Waals surface area contributed by atoms with Crippen molar-refractivity contribution in [1.82, 2.24) is 15.0 Å². The van der Waals surface area contributed by atoms with Crippen molar-refractivity contribution in [3.8, 4) is 73.6 Å². The number of fused-ring (bicyclic) bond motifs is 2.